The van der Waals surface area contributed by atoms with Crippen molar-refractivity contribution in [3.63, 3.8) is 0 Å². The van der Waals surface area contributed by atoms with Crippen molar-refractivity contribution in [1.29, 1.82) is 0 Å². The van der Waals surface area contributed by atoms with Crippen LogP contribution in [-0.2, 0) is 19.1 Å². The average molecular weight is 355 g/mol. The van der Waals surface area contributed by atoms with Gasteiger partial charge in [0.1, 0.15) is 0 Å². The summed E-state index contributed by atoms with van der Waals surface area (Å²) in [6.45, 7) is 13.2. The van der Waals surface area contributed by atoms with Crippen molar-refractivity contribution in [2.75, 3.05) is 13.2 Å². The Morgan fingerprint density at radius 2 is 1.16 bits per heavy atom. The first-order chi connectivity index (χ1) is 11.8. The third-order valence-electron chi connectivity index (χ3n) is 3.81. The fraction of sp³-hybridized carbons (Fsp3) is 0.810. The maximum atomic E-state index is 12.6. The normalized spacial score (nSPS) is 12.6. The maximum absolute atomic E-state index is 12.6. The molecule has 0 atom stereocenters. The minimum Gasteiger partial charge on any atom is -0.462 e. The number of carbonyl (C=O) groups excluding carboxylic acids is 2. The molecule has 0 saturated heterocycles. The molecule has 0 heterocycles. The average Bonchev–Trinajstić information content (AvgIpc) is 2.53. The molecule has 25 heavy (non-hydrogen) atoms. The summed E-state index contributed by atoms with van der Waals surface area (Å²) in [5.74, 6) is -0.712. The van der Waals surface area contributed by atoms with Crippen LogP contribution in [0.4, 0.5) is 0 Å². The molecule has 0 aromatic carbocycles. The van der Waals surface area contributed by atoms with Crippen molar-refractivity contribution in [2.24, 2.45) is 5.41 Å². The molecule has 0 saturated carbocycles. The second-order valence-electron chi connectivity index (χ2n) is 7.78. The molecule has 4 nitrogen and oxygen atoms in total. The number of hydrogen-bond acceptors (Lipinski definition) is 4. The van der Waals surface area contributed by atoms with E-state index in [9.17, 15) is 9.59 Å². The maximum Gasteiger partial charge on any atom is 0.334 e. The third-order valence-corrected chi connectivity index (χ3v) is 3.81. The van der Waals surface area contributed by atoms with E-state index < -0.39 is 0 Å². The lowest BCUT2D eigenvalue weighted by Crippen LogP contribution is -2.21. The Labute approximate surface area is 154 Å². The monoisotopic (exact) mass is 354 g/mol. The van der Waals surface area contributed by atoms with Crippen LogP contribution in [0.1, 0.15) is 92.9 Å². The van der Waals surface area contributed by atoms with Crippen molar-refractivity contribution in [1.82, 2.24) is 0 Å². The van der Waals surface area contributed by atoms with E-state index in [2.05, 4.69) is 41.5 Å². The molecule has 0 spiro atoms. The van der Waals surface area contributed by atoms with Crippen molar-refractivity contribution in [3.8, 4) is 0 Å². The van der Waals surface area contributed by atoms with Gasteiger partial charge in [0.2, 0.25) is 0 Å². The molecule has 0 bridgehead atoms. The molecule has 0 unspecified atom stereocenters. The molecule has 0 fully saturated rings. The fourth-order valence-electron chi connectivity index (χ4n) is 2.35. The third kappa shape index (κ3) is 11.0. The van der Waals surface area contributed by atoms with Crippen LogP contribution < -0.4 is 0 Å². The Bertz CT molecular complexity index is 430. The van der Waals surface area contributed by atoms with Crippen LogP contribution in [0.15, 0.2) is 11.1 Å². The Morgan fingerprint density at radius 3 is 1.56 bits per heavy atom. The first-order valence-corrected chi connectivity index (χ1v) is 9.83. The number of ether oxygens (including phenoxy) is 2. The Morgan fingerprint density at radius 1 is 0.720 bits per heavy atom. The van der Waals surface area contributed by atoms with Gasteiger partial charge in [-0.15, -0.1) is 0 Å². The van der Waals surface area contributed by atoms with Gasteiger partial charge in [0.25, 0.3) is 0 Å². The first-order valence-electron chi connectivity index (χ1n) is 9.83. The predicted molar refractivity (Wildman–Crippen MR) is 102 cm³/mol. The summed E-state index contributed by atoms with van der Waals surface area (Å²) in [5.41, 5.74) is 0.897. The van der Waals surface area contributed by atoms with E-state index >= 15 is 0 Å². The van der Waals surface area contributed by atoms with E-state index in [0.29, 0.717) is 37.2 Å². The minimum absolute atomic E-state index is 0.111. The summed E-state index contributed by atoms with van der Waals surface area (Å²) in [4.78, 5) is 25.2. The van der Waals surface area contributed by atoms with Gasteiger partial charge in [-0.25, -0.2) is 9.59 Å². The topological polar surface area (TPSA) is 52.6 Å². The molecule has 0 aliphatic rings. The number of unbranched alkanes of at least 4 members (excludes halogenated alkanes) is 3. The van der Waals surface area contributed by atoms with Crippen LogP contribution in [0.5, 0.6) is 0 Å². The zero-order valence-corrected chi connectivity index (χ0v) is 17.2. The Kier molecular flexibility index (Phi) is 12.3. The molecule has 0 N–H and O–H groups in total. The minimum atomic E-state index is -0.359. The van der Waals surface area contributed by atoms with Gasteiger partial charge >= 0.3 is 11.9 Å². The van der Waals surface area contributed by atoms with Gasteiger partial charge in [0, 0.05) is 11.1 Å². The van der Waals surface area contributed by atoms with Gasteiger partial charge in [-0.1, -0.05) is 60.8 Å². The van der Waals surface area contributed by atoms with E-state index in [0.717, 1.165) is 38.5 Å². The highest BCUT2D eigenvalue weighted by atomic mass is 16.5. The summed E-state index contributed by atoms with van der Waals surface area (Å²) in [6, 6.07) is 0. The van der Waals surface area contributed by atoms with Crippen LogP contribution in [0.25, 0.3) is 0 Å². The standard InChI is InChI=1S/C21H38O4/c1-7-10-13-17(19(22)24-14-11-8-2)18(16-21(4,5)6)20(23)25-15-12-9-3/h7-16H2,1-6H3. The van der Waals surface area contributed by atoms with Crippen LogP contribution in [0.3, 0.4) is 0 Å². The van der Waals surface area contributed by atoms with Gasteiger partial charge in [-0.3, -0.25) is 0 Å². The summed E-state index contributed by atoms with van der Waals surface area (Å²) in [5, 5.41) is 0. The van der Waals surface area contributed by atoms with Crippen LogP contribution in [0.2, 0.25) is 0 Å². The second-order valence-corrected chi connectivity index (χ2v) is 7.78. The molecule has 4 heteroatoms. The zero-order valence-electron chi connectivity index (χ0n) is 17.2. The number of esters is 2. The highest BCUT2D eigenvalue weighted by molar-refractivity contribution is 6.00. The molecule has 0 aromatic rings. The van der Waals surface area contributed by atoms with Crippen molar-refractivity contribution in [3.05, 3.63) is 11.1 Å². The largest absolute Gasteiger partial charge is 0.462 e. The van der Waals surface area contributed by atoms with Crippen LogP contribution in [-0.4, -0.2) is 25.2 Å². The summed E-state index contributed by atoms with van der Waals surface area (Å²) in [6.07, 6.45) is 6.49. The molecular weight excluding hydrogens is 316 g/mol. The highest BCUT2D eigenvalue weighted by Gasteiger charge is 2.27. The van der Waals surface area contributed by atoms with Crippen LogP contribution in [0, 0.1) is 5.41 Å². The number of carbonyl (C=O) groups is 2. The Balaban J connectivity index is 5.52. The summed E-state index contributed by atoms with van der Waals surface area (Å²) >= 11 is 0. The lowest BCUT2D eigenvalue weighted by Gasteiger charge is -2.22. The molecular formula is C21H38O4. The summed E-state index contributed by atoms with van der Waals surface area (Å²) < 4.78 is 10.8. The van der Waals surface area contributed by atoms with Crippen LogP contribution >= 0.6 is 0 Å². The molecule has 0 aromatic heterocycles. The van der Waals surface area contributed by atoms with E-state index in [1.165, 1.54) is 0 Å². The first kappa shape index (κ1) is 23.7. The van der Waals surface area contributed by atoms with Gasteiger partial charge in [-0.05, 0) is 37.5 Å². The second kappa shape index (κ2) is 13.0. The number of rotatable bonds is 12. The highest BCUT2D eigenvalue weighted by Crippen LogP contribution is 2.29. The van der Waals surface area contributed by atoms with E-state index in [4.69, 9.17) is 9.47 Å². The molecule has 0 radical (unpaired) electrons. The number of hydrogen-bond donors (Lipinski definition) is 0. The smallest absolute Gasteiger partial charge is 0.334 e. The molecule has 0 rings (SSSR count). The van der Waals surface area contributed by atoms with Gasteiger partial charge in [-0.2, -0.15) is 0 Å². The summed E-state index contributed by atoms with van der Waals surface area (Å²) in [7, 11) is 0. The molecule has 0 amide bonds. The SMILES string of the molecule is CCCCOC(=O)C(CCCC)=C(CC(C)(C)C)C(=O)OCCCC. The lowest BCUT2D eigenvalue weighted by molar-refractivity contribution is -0.143. The zero-order chi connectivity index (χ0) is 19.3. The lowest BCUT2D eigenvalue weighted by atomic mass is 9.85. The molecule has 146 valence electrons. The van der Waals surface area contributed by atoms with Crippen molar-refractivity contribution < 1.29 is 19.1 Å². The molecule has 0 aliphatic carbocycles. The van der Waals surface area contributed by atoms with Crippen molar-refractivity contribution >= 4 is 11.9 Å². The Hall–Kier alpha value is -1.32. The van der Waals surface area contributed by atoms with E-state index in [-0.39, 0.29) is 17.4 Å². The van der Waals surface area contributed by atoms with Gasteiger partial charge < -0.3 is 9.47 Å². The van der Waals surface area contributed by atoms with Gasteiger partial charge in [0.05, 0.1) is 13.2 Å². The van der Waals surface area contributed by atoms with E-state index in [1.807, 2.05) is 0 Å². The predicted octanol–water partition coefficient (Wildman–Crippen LogP) is 5.60. The quantitative estimate of drug-likeness (QED) is 0.260. The van der Waals surface area contributed by atoms with E-state index in [1.54, 1.807) is 0 Å². The van der Waals surface area contributed by atoms with Crippen molar-refractivity contribution in [2.45, 2.75) is 92.9 Å². The van der Waals surface area contributed by atoms with Gasteiger partial charge in [0.15, 0.2) is 0 Å². The fourth-order valence-corrected chi connectivity index (χ4v) is 2.35. The molecule has 0 aliphatic heterocycles.